The fourth-order valence-electron chi connectivity index (χ4n) is 3.00. The molecule has 0 aromatic heterocycles. The van der Waals surface area contributed by atoms with Crippen LogP contribution in [-0.4, -0.2) is 169 Å². The smallest absolute Gasteiger partial charge is 0.347 e. The van der Waals surface area contributed by atoms with Gasteiger partial charge in [-0.2, -0.15) is 0 Å². The van der Waals surface area contributed by atoms with Gasteiger partial charge in [0.2, 0.25) is 9.87 Å². The molecule has 0 aromatic rings. The summed E-state index contributed by atoms with van der Waals surface area (Å²) in [6, 6.07) is -2.08. The van der Waals surface area contributed by atoms with Crippen molar-refractivity contribution in [3.05, 3.63) is 0 Å². The van der Waals surface area contributed by atoms with E-state index in [1.165, 1.54) is 0 Å². The Hall–Kier alpha value is -0.920. The molecule has 3 heterocycles. The number of rotatable bonds is 4. The molecule has 3 aliphatic rings. The third-order valence-corrected chi connectivity index (χ3v) is 8.66. The maximum atomic E-state index is 10.5. The predicted molar refractivity (Wildman–Crippen MR) is 126 cm³/mol. The van der Waals surface area contributed by atoms with Crippen molar-refractivity contribution in [2.75, 3.05) is 24.7 Å². The number of carboxylic acid groups (broad SMARTS) is 2. The van der Waals surface area contributed by atoms with Crippen LogP contribution in [0.25, 0.3) is 0 Å². The van der Waals surface area contributed by atoms with E-state index in [2.05, 4.69) is 0 Å². The van der Waals surface area contributed by atoms with Crippen molar-refractivity contribution in [2.24, 2.45) is 11.5 Å². The Balaban J connectivity index is 0.000000286. The Morgan fingerprint density at radius 3 is 1.18 bits per heavy atom. The summed E-state index contributed by atoms with van der Waals surface area (Å²) in [5, 5.41) is 108. The predicted octanol–water partition coefficient (Wildman–Crippen LogP) is -7.50. The fourth-order valence-corrected chi connectivity index (χ4v) is 5.38. The molecule has 0 saturated carbocycles. The summed E-state index contributed by atoms with van der Waals surface area (Å²) in [4.78, 5) is 17.1. The zero-order valence-corrected chi connectivity index (χ0v) is 21.2. The van der Waals surface area contributed by atoms with E-state index in [1.807, 2.05) is 0 Å². The van der Waals surface area contributed by atoms with E-state index >= 15 is 0 Å². The number of thioether (sulfide) groups is 2. The van der Waals surface area contributed by atoms with Gasteiger partial charge >= 0.3 is 11.9 Å². The van der Waals surface area contributed by atoms with E-state index in [0.29, 0.717) is 23.5 Å². The minimum atomic E-state index is -2.01. The molecular weight excluding hydrogens is 564 g/mol. The van der Waals surface area contributed by atoms with Gasteiger partial charge in [0.1, 0.15) is 36.6 Å². The maximum Gasteiger partial charge on any atom is 0.347 e. The van der Waals surface area contributed by atoms with Crippen molar-refractivity contribution in [3.63, 3.8) is 0 Å². The summed E-state index contributed by atoms with van der Waals surface area (Å²) < 4.78 is 9.40. The molecule has 18 nitrogen and oxygen atoms in total. The van der Waals surface area contributed by atoms with Gasteiger partial charge in [-0.3, -0.25) is 0 Å². The third-order valence-electron chi connectivity index (χ3n) is 5.58. The monoisotopic (exact) mass is 598 g/mol. The molecule has 3 fully saturated rings. The molecule has 0 aromatic carbocycles. The number of hydrogen-bond acceptors (Lipinski definition) is 18. The maximum absolute atomic E-state index is 10.5. The van der Waals surface area contributed by atoms with Crippen LogP contribution in [0.3, 0.4) is 0 Å². The fraction of sp³-hybridized carbons (Fsp3) is 0.889. The zero-order chi connectivity index (χ0) is 29.6. The third kappa shape index (κ3) is 8.54. The summed E-state index contributed by atoms with van der Waals surface area (Å²) in [6.07, 6.45) is -9.70. The highest BCUT2D eigenvalue weighted by atomic mass is 32.2. The van der Waals surface area contributed by atoms with Gasteiger partial charge in [0.25, 0.3) is 0 Å². The molecule has 0 radical (unpaired) electrons. The number of aliphatic hydroxyl groups is 10. The number of hydrogen-bond donors (Lipinski definition) is 14. The number of ether oxygens (including phenoxy) is 2. The molecule has 3 rings (SSSR count). The van der Waals surface area contributed by atoms with Gasteiger partial charge in [-0.15, -0.1) is 23.5 Å². The van der Waals surface area contributed by atoms with E-state index in [0.717, 1.165) is 0 Å². The summed E-state index contributed by atoms with van der Waals surface area (Å²) in [7, 11) is 0. The number of carbonyl (C=O) groups is 2. The Morgan fingerprint density at radius 1 is 0.684 bits per heavy atom. The second kappa shape index (κ2) is 14.6. The number of nitrogens with two attached hydrogens (primary N) is 2. The second-order valence-electron chi connectivity index (χ2n) is 8.37. The largest absolute Gasteiger partial charge is 0.478 e. The quantitative estimate of drug-likeness (QED) is 0.143. The van der Waals surface area contributed by atoms with E-state index in [4.69, 9.17) is 51.6 Å². The van der Waals surface area contributed by atoms with Gasteiger partial charge in [0.05, 0.1) is 25.3 Å². The standard InChI is InChI=1S/2C6H13NO5.C6H8O6S2/c2*7-3-5(10)4(9)2(1-8)12-6(3)11;7-3(8)5(11)1-13-6(12,2-14-5)4(9)10/h2*2-6,8-11H,1,7H2;11-12H,1-2H2,(H,7,8)(H,9,10)/t2*2-,3-,4-,5-,6?;/m11./s1. The van der Waals surface area contributed by atoms with Crippen molar-refractivity contribution < 1.29 is 80.3 Å². The molecule has 224 valence electrons. The Kier molecular flexibility index (Phi) is 13.5. The van der Waals surface area contributed by atoms with E-state index in [-0.39, 0.29) is 11.5 Å². The van der Waals surface area contributed by atoms with Crippen LogP contribution in [0.15, 0.2) is 0 Å². The first-order valence-electron chi connectivity index (χ1n) is 10.8. The summed E-state index contributed by atoms with van der Waals surface area (Å²) in [5.41, 5.74) is 10.5. The van der Waals surface area contributed by atoms with Crippen LogP contribution in [0.4, 0.5) is 0 Å². The topological polar surface area (TPSA) is 347 Å². The second-order valence-corrected chi connectivity index (χ2v) is 10.9. The molecule has 3 saturated heterocycles. The Morgan fingerprint density at radius 2 is 0.974 bits per heavy atom. The van der Waals surface area contributed by atoms with Gasteiger partial charge in [0.15, 0.2) is 12.6 Å². The molecule has 20 heteroatoms. The van der Waals surface area contributed by atoms with Crippen LogP contribution in [0.1, 0.15) is 0 Å². The molecule has 0 spiro atoms. The van der Waals surface area contributed by atoms with Crippen molar-refractivity contribution in [1.82, 2.24) is 0 Å². The van der Waals surface area contributed by atoms with Gasteiger partial charge in [0, 0.05) is 11.5 Å². The van der Waals surface area contributed by atoms with Crippen LogP contribution in [-0.2, 0) is 19.1 Å². The lowest BCUT2D eigenvalue weighted by Gasteiger charge is -2.38. The first kappa shape index (κ1) is 35.1. The summed E-state index contributed by atoms with van der Waals surface area (Å²) >= 11 is 1.03. The van der Waals surface area contributed by atoms with Crippen LogP contribution < -0.4 is 11.5 Å². The molecule has 38 heavy (non-hydrogen) atoms. The minimum absolute atomic E-state index is 0.365. The summed E-state index contributed by atoms with van der Waals surface area (Å²) in [6.45, 7) is -0.940. The Bertz CT molecular complexity index is 703. The molecule has 12 atom stereocenters. The van der Waals surface area contributed by atoms with Gasteiger partial charge in [-0.25, -0.2) is 9.59 Å². The highest BCUT2D eigenvalue weighted by Gasteiger charge is 2.50. The van der Waals surface area contributed by atoms with Gasteiger partial charge in [-0.05, 0) is 0 Å². The van der Waals surface area contributed by atoms with Crippen LogP contribution in [0, 0.1) is 0 Å². The van der Waals surface area contributed by atoms with E-state index < -0.39 is 96.3 Å². The van der Waals surface area contributed by atoms with Crippen molar-refractivity contribution in [1.29, 1.82) is 0 Å². The number of aliphatic hydroxyl groups excluding tert-OH is 8. The zero-order valence-electron chi connectivity index (χ0n) is 19.6. The Labute approximate surface area is 223 Å². The SMILES string of the molecule is N[C@H]1C(O)O[C@H](CO)[C@@H](O)[C@@H]1O.N[C@H]1C(O)O[C@H](CO)[C@@H](O)[C@@H]1O.O=C(O)C1(O)CSC(O)(C(=O)O)CS1. The van der Waals surface area contributed by atoms with E-state index in [9.17, 15) is 40.2 Å². The average Bonchev–Trinajstić information content (AvgIpc) is 2.88. The van der Waals surface area contributed by atoms with Crippen LogP contribution in [0.5, 0.6) is 0 Å². The van der Waals surface area contributed by atoms with Crippen molar-refractivity contribution >= 4 is 35.5 Å². The molecule has 16 N–H and O–H groups in total. The lowest BCUT2D eigenvalue weighted by molar-refractivity contribution is -0.248. The van der Waals surface area contributed by atoms with Crippen molar-refractivity contribution in [3.8, 4) is 0 Å². The average molecular weight is 599 g/mol. The minimum Gasteiger partial charge on any atom is -0.478 e. The van der Waals surface area contributed by atoms with Gasteiger partial charge < -0.3 is 82.2 Å². The van der Waals surface area contributed by atoms with Crippen molar-refractivity contribution in [2.45, 2.75) is 71.2 Å². The summed E-state index contributed by atoms with van der Waals surface area (Å²) in [5.74, 6) is -3.59. The van der Waals surface area contributed by atoms with Gasteiger partial charge in [-0.1, -0.05) is 0 Å². The highest BCUT2D eigenvalue weighted by molar-refractivity contribution is 8.08. The molecule has 4 unspecified atom stereocenters. The highest BCUT2D eigenvalue weighted by Crippen LogP contribution is 2.42. The first-order valence-corrected chi connectivity index (χ1v) is 12.7. The molecule has 0 aliphatic carbocycles. The molecule has 0 amide bonds. The normalized spacial score (nSPS) is 45.1. The van der Waals surface area contributed by atoms with Crippen LogP contribution in [0.2, 0.25) is 0 Å². The molecule has 0 bridgehead atoms. The number of aliphatic carboxylic acids is 2. The lowest BCUT2D eigenvalue weighted by atomic mass is 9.98. The van der Waals surface area contributed by atoms with E-state index in [1.54, 1.807) is 0 Å². The first-order chi connectivity index (χ1) is 17.5. The lowest BCUT2D eigenvalue weighted by Crippen LogP contribution is -2.61. The molecule has 3 aliphatic heterocycles. The van der Waals surface area contributed by atoms with Crippen LogP contribution >= 0.6 is 23.5 Å². The molecular formula is C18H34N2O16S2. The number of carboxylic acids is 2.